The Bertz CT molecular complexity index is 1410. The number of nitrogens with one attached hydrogen (secondary N) is 2. The number of hydrogen-bond acceptors (Lipinski definition) is 5. The van der Waals surface area contributed by atoms with Crippen molar-refractivity contribution in [3.05, 3.63) is 81.5 Å². The van der Waals surface area contributed by atoms with Gasteiger partial charge in [0.05, 0.1) is 17.5 Å². The van der Waals surface area contributed by atoms with E-state index in [2.05, 4.69) is 33.4 Å². The average Bonchev–Trinajstić information content (AvgIpc) is 3.49. The molecule has 0 radical (unpaired) electrons. The maximum atomic E-state index is 13.2. The largest absolute Gasteiger partial charge is 0.349 e. The van der Waals surface area contributed by atoms with E-state index in [4.69, 9.17) is 4.98 Å². The Morgan fingerprint density at radius 2 is 1.91 bits per heavy atom. The zero-order valence-electron chi connectivity index (χ0n) is 18.8. The molecule has 2 aromatic carbocycles. The van der Waals surface area contributed by atoms with Gasteiger partial charge in [-0.3, -0.25) is 14.6 Å². The number of aryl methyl sites for hydroxylation is 1. The normalized spacial score (nSPS) is 19.8. The van der Waals surface area contributed by atoms with Crippen LogP contribution in [0.5, 0.6) is 0 Å². The summed E-state index contributed by atoms with van der Waals surface area (Å²) in [6, 6.07) is 18.5. The van der Waals surface area contributed by atoms with Gasteiger partial charge < -0.3 is 10.2 Å². The first-order chi connectivity index (χ1) is 16.7. The summed E-state index contributed by atoms with van der Waals surface area (Å²) in [5.41, 5.74) is 5.19. The number of piperidine rings is 1. The number of hydrogen-bond donors (Lipinski definition) is 2. The minimum absolute atomic E-state index is 0.0904. The van der Waals surface area contributed by atoms with E-state index in [1.807, 2.05) is 41.8 Å². The zero-order valence-corrected chi connectivity index (χ0v) is 19.6. The summed E-state index contributed by atoms with van der Waals surface area (Å²) in [5, 5.41) is 5.29. The van der Waals surface area contributed by atoms with E-state index in [1.165, 1.54) is 22.5 Å². The predicted octanol–water partition coefficient (Wildman–Crippen LogP) is 4.67. The molecule has 1 aliphatic heterocycles. The van der Waals surface area contributed by atoms with Gasteiger partial charge in [0.25, 0.3) is 5.56 Å². The van der Waals surface area contributed by atoms with Gasteiger partial charge in [0.1, 0.15) is 4.70 Å². The van der Waals surface area contributed by atoms with Crippen molar-refractivity contribution in [1.29, 1.82) is 0 Å². The minimum Gasteiger partial charge on any atom is -0.349 e. The highest BCUT2D eigenvalue weighted by Gasteiger charge is 2.31. The quantitative estimate of drug-likeness (QED) is 0.454. The summed E-state index contributed by atoms with van der Waals surface area (Å²) in [4.78, 5) is 35.9. The first-order valence-corrected chi connectivity index (χ1v) is 12.8. The Labute approximate surface area is 201 Å². The Morgan fingerprint density at radius 1 is 1.09 bits per heavy atom. The Morgan fingerprint density at radius 3 is 2.79 bits per heavy atom. The number of amides is 1. The van der Waals surface area contributed by atoms with E-state index < -0.39 is 0 Å². The third kappa shape index (κ3) is 3.80. The molecule has 2 N–H and O–H groups in total. The lowest BCUT2D eigenvalue weighted by Gasteiger charge is -2.33. The first kappa shape index (κ1) is 21.1. The monoisotopic (exact) mass is 470 g/mol. The van der Waals surface area contributed by atoms with E-state index in [-0.39, 0.29) is 23.4 Å². The van der Waals surface area contributed by atoms with Crippen LogP contribution in [0, 0.1) is 5.92 Å². The van der Waals surface area contributed by atoms with Crippen LogP contribution in [0.25, 0.3) is 21.3 Å². The van der Waals surface area contributed by atoms with E-state index in [0.29, 0.717) is 17.2 Å². The molecule has 4 aromatic rings. The predicted molar refractivity (Wildman–Crippen MR) is 136 cm³/mol. The van der Waals surface area contributed by atoms with Crippen LogP contribution in [-0.4, -0.2) is 29.0 Å². The molecular formula is C27H26N4O2S. The van der Waals surface area contributed by atoms with Crippen molar-refractivity contribution in [3.8, 4) is 11.1 Å². The third-order valence-electron chi connectivity index (χ3n) is 7.04. The summed E-state index contributed by atoms with van der Waals surface area (Å²) in [5.74, 6) is 0.519. The Hall–Kier alpha value is -3.45. The highest BCUT2D eigenvalue weighted by molar-refractivity contribution is 7.17. The van der Waals surface area contributed by atoms with Gasteiger partial charge in [-0.05, 0) is 42.4 Å². The summed E-state index contributed by atoms with van der Waals surface area (Å²) >= 11 is 1.42. The highest BCUT2D eigenvalue weighted by atomic mass is 32.1. The van der Waals surface area contributed by atoms with Crippen molar-refractivity contribution in [2.45, 2.75) is 31.7 Å². The molecule has 2 atom stereocenters. The fourth-order valence-corrected chi connectivity index (χ4v) is 6.18. The molecule has 2 aliphatic rings. The molecule has 0 bridgehead atoms. The lowest BCUT2D eigenvalue weighted by atomic mass is 9.96. The fourth-order valence-electron chi connectivity index (χ4n) is 5.27. The van der Waals surface area contributed by atoms with Crippen molar-refractivity contribution in [3.63, 3.8) is 0 Å². The summed E-state index contributed by atoms with van der Waals surface area (Å²) < 4.78 is 0.633. The van der Waals surface area contributed by atoms with Crippen LogP contribution in [0.1, 0.15) is 36.4 Å². The zero-order chi connectivity index (χ0) is 23.1. The SMILES string of the molecule is O=C(N[C@@H]1CCc2ccccc21)[C@@H]1CCCN(c2nc3c(-c4ccccc4)csc3c(=O)[nH]2)C1. The molecular weight excluding hydrogens is 444 g/mol. The minimum atomic E-state index is -0.126. The summed E-state index contributed by atoms with van der Waals surface area (Å²) in [6.07, 6.45) is 3.69. The number of benzene rings is 2. The molecule has 1 saturated heterocycles. The van der Waals surface area contributed by atoms with Gasteiger partial charge in [-0.15, -0.1) is 11.3 Å². The molecule has 0 unspecified atom stereocenters. The molecule has 172 valence electrons. The molecule has 34 heavy (non-hydrogen) atoms. The summed E-state index contributed by atoms with van der Waals surface area (Å²) in [7, 11) is 0. The second-order valence-electron chi connectivity index (χ2n) is 9.17. The number of thiophene rings is 1. The van der Waals surface area contributed by atoms with Gasteiger partial charge >= 0.3 is 0 Å². The maximum absolute atomic E-state index is 13.2. The smallest absolute Gasteiger partial charge is 0.270 e. The van der Waals surface area contributed by atoms with Crippen LogP contribution in [-0.2, 0) is 11.2 Å². The molecule has 7 heteroatoms. The van der Waals surface area contributed by atoms with Crippen molar-refractivity contribution >= 4 is 33.4 Å². The lowest BCUT2D eigenvalue weighted by molar-refractivity contribution is -0.126. The number of aromatic amines is 1. The molecule has 2 aromatic heterocycles. The van der Waals surface area contributed by atoms with Gasteiger partial charge in [0.2, 0.25) is 11.9 Å². The number of H-pyrrole nitrogens is 1. The topological polar surface area (TPSA) is 78.1 Å². The van der Waals surface area contributed by atoms with Gasteiger partial charge in [0.15, 0.2) is 0 Å². The van der Waals surface area contributed by atoms with Crippen LogP contribution in [0.15, 0.2) is 64.8 Å². The van der Waals surface area contributed by atoms with E-state index in [1.54, 1.807) is 0 Å². The number of aromatic nitrogens is 2. The van der Waals surface area contributed by atoms with Crippen LogP contribution in [0.4, 0.5) is 5.95 Å². The Balaban J connectivity index is 1.24. The molecule has 3 heterocycles. The number of carbonyl (C=O) groups is 1. The molecule has 0 saturated carbocycles. The molecule has 0 spiro atoms. The number of fused-ring (bicyclic) bond motifs is 2. The van der Waals surface area contributed by atoms with Crippen molar-refractivity contribution in [2.24, 2.45) is 5.92 Å². The van der Waals surface area contributed by atoms with Gasteiger partial charge in [0, 0.05) is 24.0 Å². The van der Waals surface area contributed by atoms with Gasteiger partial charge in [-0.25, -0.2) is 4.98 Å². The van der Waals surface area contributed by atoms with Crippen molar-refractivity contribution in [2.75, 3.05) is 18.0 Å². The number of nitrogens with zero attached hydrogens (tertiary/aromatic N) is 2. The first-order valence-electron chi connectivity index (χ1n) is 11.9. The van der Waals surface area contributed by atoms with E-state index >= 15 is 0 Å². The van der Waals surface area contributed by atoms with E-state index in [0.717, 1.165) is 48.9 Å². The maximum Gasteiger partial charge on any atom is 0.270 e. The van der Waals surface area contributed by atoms with E-state index in [9.17, 15) is 9.59 Å². The molecule has 6 nitrogen and oxygen atoms in total. The van der Waals surface area contributed by atoms with Crippen molar-refractivity contribution < 1.29 is 4.79 Å². The molecule has 1 fully saturated rings. The van der Waals surface area contributed by atoms with Gasteiger partial charge in [-0.2, -0.15) is 0 Å². The number of rotatable bonds is 4. The molecule has 1 aliphatic carbocycles. The Kier molecular flexibility index (Phi) is 5.41. The second kappa shape index (κ2) is 8.72. The lowest BCUT2D eigenvalue weighted by Crippen LogP contribution is -2.44. The van der Waals surface area contributed by atoms with Crippen LogP contribution in [0.2, 0.25) is 0 Å². The van der Waals surface area contributed by atoms with Crippen LogP contribution >= 0.6 is 11.3 Å². The van der Waals surface area contributed by atoms with Crippen molar-refractivity contribution in [1.82, 2.24) is 15.3 Å². The van der Waals surface area contributed by atoms with Gasteiger partial charge in [-0.1, -0.05) is 54.6 Å². The highest BCUT2D eigenvalue weighted by Crippen LogP contribution is 2.33. The number of anilines is 1. The number of carbonyl (C=O) groups excluding carboxylic acids is 1. The third-order valence-corrected chi connectivity index (χ3v) is 8.01. The summed E-state index contributed by atoms with van der Waals surface area (Å²) in [6.45, 7) is 1.33. The fraction of sp³-hybridized carbons (Fsp3) is 0.296. The molecule has 1 amide bonds. The molecule has 6 rings (SSSR count). The van der Waals surface area contributed by atoms with Crippen LogP contribution < -0.4 is 15.8 Å². The average molecular weight is 471 g/mol. The second-order valence-corrected chi connectivity index (χ2v) is 10.0. The standard InChI is InChI=1S/C27H26N4O2S/c32-25(28-22-13-12-18-9-4-5-11-20(18)22)19-10-6-14-31(15-19)27-29-23-21(17-7-2-1-3-8-17)16-34-24(23)26(33)30-27/h1-5,7-9,11,16,19,22H,6,10,12-15H2,(H,28,32)(H,29,30,33)/t19-,22-/m1/s1. The van der Waals surface area contributed by atoms with Crippen LogP contribution in [0.3, 0.4) is 0 Å².